The fourth-order valence-corrected chi connectivity index (χ4v) is 3.92. The number of aromatic amines is 1. The lowest BCUT2D eigenvalue weighted by Gasteiger charge is -2.16. The van der Waals surface area contributed by atoms with E-state index < -0.39 is 0 Å². The molecule has 5 aromatic rings. The van der Waals surface area contributed by atoms with Crippen LogP contribution in [0.4, 0.5) is 22.7 Å². The molecule has 1 N–H and O–H groups in total. The van der Waals surface area contributed by atoms with Gasteiger partial charge in [0.1, 0.15) is 0 Å². The maximum atomic E-state index is 13.5. The highest BCUT2D eigenvalue weighted by Crippen LogP contribution is 2.31. The van der Waals surface area contributed by atoms with Gasteiger partial charge in [-0.2, -0.15) is 15.3 Å². The zero-order chi connectivity index (χ0) is 25.1. The molecule has 0 amide bonds. The molecule has 0 aliphatic heterocycles. The average Bonchev–Trinajstić information content (AvgIpc) is 3.23. The predicted molar refractivity (Wildman–Crippen MR) is 144 cm³/mol. The van der Waals surface area contributed by atoms with Crippen molar-refractivity contribution in [2.45, 2.75) is 26.2 Å². The molecule has 7 heteroatoms. The Hall–Kier alpha value is -4.65. The van der Waals surface area contributed by atoms with Crippen molar-refractivity contribution in [2.24, 2.45) is 20.5 Å². The average molecular weight is 475 g/mol. The Kier molecular flexibility index (Phi) is 6.12. The second-order valence-electron chi connectivity index (χ2n) is 9.48. The topological polar surface area (TPSA) is 87.2 Å². The molecule has 0 spiro atoms. The van der Waals surface area contributed by atoms with Crippen LogP contribution in [0.15, 0.2) is 122 Å². The third-order valence-electron chi connectivity index (χ3n) is 5.78. The summed E-state index contributed by atoms with van der Waals surface area (Å²) in [6.45, 7) is 6.12. The fraction of sp³-hybridized carbons (Fsp3) is 0.138. The molecular formula is C29H26N6O. The molecular weight excluding hydrogens is 448 g/mol. The Morgan fingerprint density at radius 2 is 1.19 bits per heavy atom. The molecule has 36 heavy (non-hydrogen) atoms. The van der Waals surface area contributed by atoms with Crippen molar-refractivity contribution in [1.82, 2.24) is 9.78 Å². The summed E-state index contributed by atoms with van der Waals surface area (Å²) in [5.74, 6) is 0. The molecule has 1 heterocycles. The first kappa shape index (κ1) is 23.1. The van der Waals surface area contributed by atoms with E-state index in [1.807, 2.05) is 106 Å². The minimum atomic E-state index is -0.342. The summed E-state index contributed by atoms with van der Waals surface area (Å²) in [7, 11) is 0. The fourth-order valence-electron chi connectivity index (χ4n) is 3.92. The lowest BCUT2D eigenvalue weighted by molar-refractivity contribution is 0.561. The molecule has 0 aliphatic carbocycles. The molecule has 0 atom stereocenters. The highest BCUT2D eigenvalue weighted by Gasteiger charge is 2.26. The minimum absolute atomic E-state index is 0.242. The first-order chi connectivity index (χ1) is 17.4. The van der Waals surface area contributed by atoms with Crippen molar-refractivity contribution in [3.05, 3.63) is 113 Å². The van der Waals surface area contributed by atoms with Crippen molar-refractivity contribution >= 4 is 33.5 Å². The van der Waals surface area contributed by atoms with Crippen LogP contribution in [0.5, 0.6) is 0 Å². The van der Waals surface area contributed by atoms with Gasteiger partial charge in [0.05, 0.1) is 28.4 Å². The van der Waals surface area contributed by atoms with Crippen LogP contribution in [-0.2, 0) is 5.41 Å². The number of H-pyrrole nitrogens is 1. The van der Waals surface area contributed by atoms with Crippen molar-refractivity contribution in [3.63, 3.8) is 0 Å². The monoisotopic (exact) mass is 474 g/mol. The van der Waals surface area contributed by atoms with Gasteiger partial charge < -0.3 is 0 Å². The van der Waals surface area contributed by atoms with Gasteiger partial charge in [-0.25, -0.2) is 4.68 Å². The molecule has 0 radical (unpaired) electrons. The zero-order valence-electron chi connectivity index (χ0n) is 20.4. The third-order valence-corrected chi connectivity index (χ3v) is 5.78. The van der Waals surface area contributed by atoms with Gasteiger partial charge in [0, 0.05) is 10.8 Å². The summed E-state index contributed by atoms with van der Waals surface area (Å²) in [4.78, 5) is 13.5. The number of hydrogen-bond acceptors (Lipinski definition) is 5. The van der Waals surface area contributed by atoms with Crippen LogP contribution in [-0.4, -0.2) is 9.78 Å². The van der Waals surface area contributed by atoms with E-state index in [0.717, 1.165) is 27.8 Å². The number of nitrogens with one attached hydrogen (secondary N) is 1. The van der Waals surface area contributed by atoms with Crippen LogP contribution in [0.25, 0.3) is 16.5 Å². The standard InChI is InChI=1S/C29H26N6O/c1-29(2,3)27-26(28(36)35(34-27)25-15-9-11-20-10-7-8-14-24(20)25)33-32-23-18-16-22(17-19-23)31-30-21-12-5-4-6-13-21/h4-19,34H,1-3H3. The molecule has 5 rings (SSSR count). The molecule has 0 saturated heterocycles. The Morgan fingerprint density at radius 3 is 1.86 bits per heavy atom. The third kappa shape index (κ3) is 4.77. The van der Waals surface area contributed by atoms with Crippen molar-refractivity contribution in [2.75, 3.05) is 0 Å². The van der Waals surface area contributed by atoms with Gasteiger partial charge in [-0.05, 0) is 47.9 Å². The van der Waals surface area contributed by atoms with Crippen LogP contribution in [0.1, 0.15) is 26.5 Å². The van der Waals surface area contributed by atoms with Crippen molar-refractivity contribution < 1.29 is 0 Å². The van der Waals surface area contributed by atoms with Gasteiger partial charge in [-0.15, -0.1) is 5.11 Å². The molecule has 0 unspecified atom stereocenters. The van der Waals surface area contributed by atoms with Gasteiger partial charge in [0.15, 0.2) is 5.69 Å². The van der Waals surface area contributed by atoms with Crippen LogP contribution < -0.4 is 5.56 Å². The minimum Gasteiger partial charge on any atom is -0.292 e. The smallest absolute Gasteiger partial charge is 0.292 e. The van der Waals surface area contributed by atoms with Gasteiger partial charge in [0.2, 0.25) is 0 Å². The molecule has 178 valence electrons. The summed E-state index contributed by atoms with van der Waals surface area (Å²) < 4.78 is 1.56. The molecule has 0 bridgehead atoms. The van der Waals surface area contributed by atoms with Crippen molar-refractivity contribution in [3.8, 4) is 5.69 Å². The first-order valence-electron chi connectivity index (χ1n) is 11.7. The molecule has 4 aromatic carbocycles. The van der Waals surface area contributed by atoms with Crippen LogP contribution >= 0.6 is 0 Å². The molecule has 0 saturated carbocycles. The summed E-state index contributed by atoms with van der Waals surface area (Å²) in [6, 6.07) is 30.7. The molecule has 7 nitrogen and oxygen atoms in total. The second kappa shape index (κ2) is 9.54. The normalized spacial score (nSPS) is 12.2. The van der Waals surface area contributed by atoms with Crippen LogP contribution in [0, 0.1) is 0 Å². The highest BCUT2D eigenvalue weighted by atomic mass is 16.1. The van der Waals surface area contributed by atoms with Gasteiger partial charge in [-0.3, -0.25) is 9.89 Å². The Labute approximate surface area is 208 Å². The zero-order valence-corrected chi connectivity index (χ0v) is 20.4. The number of fused-ring (bicyclic) bond motifs is 1. The van der Waals surface area contributed by atoms with E-state index in [0.29, 0.717) is 17.1 Å². The highest BCUT2D eigenvalue weighted by molar-refractivity contribution is 5.90. The van der Waals surface area contributed by atoms with E-state index >= 15 is 0 Å². The van der Waals surface area contributed by atoms with Crippen LogP contribution in [0.2, 0.25) is 0 Å². The SMILES string of the molecule is CC(C)(C)c1[nH]n(-c2cccc3ccccc23)c(=O)c1N=Nc1ccc(N=Nc2ccccc2)cc1. The lowest BCUT2D eigenvalue weighted by atomic mass is 9.91. The summed E-state index contributed by atoms with van der Waals surface area (Å²) in [6.07, 6.45) is 0. The van der Waals surface area contributed by atoms with Crippen molar-refractivity contribution in [1.29, 1.82) is 0 Å². The van der Waals surface area contributed by atoms with E-state index in [1.165, 1.54) is 0 Å². The number of nitrogens with zero attached hydrogens (tertiary/aromatic N) is 5. The quantitative estimate of drug-likeness (QED) is 0.254. The Balaban J connectivity index is 1.48. The maximum Gasteiger partial charge on any atom is 0.299 e. The van der Waals surface area contributed by atoms with Crippen LogP contribution in [0.3, 0.4) is 0 Å². The Morgan fingerprint density at radius 1 is 0.639 bits per heavy atom. The van der Waals surface area contributed by atoms with E-state index in [1.54, 1.807) is 16.8 Å². The number of azo groups is 2. The first-order valence-corrected chi connectivity index (χ1v) is 11.7. The summed E-state index contributed by atoms with van der Waals surface area (Å²) >= 11 is 0. The molecule has 1 aromatic heterocycles. The van der Waals surface area contributed by atoms with Gasteiger partial charge in [0.25, 0.3) is 5.56 Å². The van der Waals surface area contributed by atoms with E-state index in [9.17, 15) is 4.79 Å². The van der Waals surface area contributed by atoms with E-state index in [2.05, 4.69) is 25.6 Å². The van der Waals surface area contributed by atoms with E-state index in [-0.39, 0.29) is 11.0 Å². The molecule has 0 aliphatic rings. The number of hydrogen-bond donors (Lipinski definition) is 1. The number of aromatic nitrogens is 2. The lowest BCUT2D eigenvalue weighted by Crippen LogP contribution is -2.14. The van der Waals surface area contributed by atoms with E-state index in [4.69, 9.17) is 0 Å². The largest absolute Gasteiger partial charge is 0.299 e. The molecule has 0 fully saturated rings. The van der Waals surface area contributed by atoms with Gasteiger partial charge in [-0.1, -0.05) is 75.4 Å². The summed E-state index contributed by atoms with van der Waals surface area (Å²) in [5.41, 5.74) is 3.31. The maximum absolute atomic E-state index is 13.5. The predicted octanol–water partition coefficient (Wildman–Crippen LogP) is 8.45. The Bertz CT molecular complexity index is 1620. The van der Waals surface area contributed by atoms with Gasteiger partial charge >= 0.3 is 0 Å². The summed E-state index contributed by atoms with van der Waals surface area (Å²) in [5, 5.41) is 22.6. The second-order valence-corrected chi connectivity index (χ2v) is 9.48. The number of rotatable bonds is 5. The number of benzene rings is 4.